The second-order valence-electron chi connectivity index (χ2n) is 4.37. The topological polar surface area (TPSA) is 49.6 Å². The van der Waals surface area contributed by atoms with Crippen molar-refractivity contribution in [2.24, 2.45) is 0 Å². The minimum absolute atomic E-state index is 0.258. The van der Waals surface area contributed by atoms with E-state index in [2.05, 4.69) is 19.2 Å². The number of hydrogen-bond acceptors (Lipinski definition) is 4. The number of fused-ring (bicyclic) bond motifs is 1. The van der Waals surface area contributed by atoms with E-state index in [1.165, 1.54) is 0 Å². The molecule has 0 bridgehead atoms. The first kappa shape index (κ1) is 11.7. The summed E-state index contributed by atoms with van der Waals surface area (Å²) in [4.78, 5) is 0. The maximum atomic E-state index is 5.71. The Morgan fingerprint density at radius 2 is 2.12 bits per heavy atom. The SMILES string of the molecule is CCCOCCOC1=C(C)OC(C)C2NC12. The van der Waals surface area contributed by atoms with Gasteiger partial charge in [-0.3, -0.25) is 5.32 Å². The van der Waals surface area contributed by atoms with Crippen molar-refractivity contribution in [3.63, 3.8) is 0 Å². The van der Waals surface area contributed by atoms with Crippen molar-refractivity contribution < 1.29 is 14.2 Å². The Morgan fingerprint density at radius 3 is 2.88 bits per heavy atom. The Kier molecular flexibility index (Phi) is 3.71. The summed E-state index contributed by atoms with van der Waals surface area (Å²) < 4.78 is 16.8. The molecule has 2 heterocycles. The third-order valence-electron chi connectivity index (χ3n) is 2.95. The number of hydrogen-bond donors (Lipinski definition) is 1. The van der Waals surface area contributed by atoms with Gasteiger partial charge in [-0.1, -0.05) is 6.92 Å². The van der Waals surface area contributed by atoms with Crippen LogP contribution in [0.5, 0.6) is 0 Å². The van der Waals surface area contributed by atoms with Gasteiger partial charge in [-0.25, -0.2) is 0 Å². The van der Waals surface area contributed by atoms with Crippen molar-refractivity contribution in [1.82, 2.24) is 5.32 Å². The van der Waals surface area contributed by atoms with Gasteiger partial charge in [0.25, 0.3) is 0 Å². The second kappa shape index (κ2) is 5.06. The molecule has 0 aliphatic carbocycles. The van der Waals surface area contributed by atoms with E-state index in [1.807, 2.05) is 6.92 Å². The summed E-state index contributed by atoms with van der Waals surface area (Å²) in [5.41, 5.74) is 0. The van der Waals surface area contributed by atoms with Gasteiger partial charge in [0, 0.05) is 6.61 Å². The Balaban J connectivity index is 1.74. The second-order valence-corrected chi connectivity index (χ2v) is 4.37. The third-order valence-corrected chi connectivity index (χ3v) is 2.95. The lowest BCUT2D eigenvalue weighted by Gasteiger charge is -2.22. The summed E-state index contributed by atoms with van der Waals surface area (Å²) in [6.45, 7) is 8.21. The Morgan fingerprint density at radius 1 is 1.31 bits per heavy atom. The monoisotopic (exact) mass is 227 g/mol. The normalized spacial score (nSPS) is 32.1. The minimum Gasteiger partial charge on any atom is -0.490 e. The first-order valence-corrected chi connectivity index (χ1v) is 6.08. The average molecular weight is 227 g/mol. The van der Waals surface area contributed by atoms with E-state index in [1.54, 1.807) is 0 Å². The highest BCUT2D eigenvalue weighted by atomic mass is 16.5. The van der Waals surface area contributed by atoms with Gasteiger partial charge in [0.2, 0.25) is 0 Å². The molecule has 0 saturated carbocycles. The predicted octanol–water partition coefficient (Wildman–Crippen LogP) is 1.42. The van der Waals surface area contributed by atoms with E-state index in [0.29, 0.717) is 25.3 Å². The average Bonchev–Trinajstić information content (AvgIpc) is 3.02. The molecule has 2 rings (SSSR count). The Hall–Kier alpha value is -0.740. The molecule has 1 N–H and O–H groups in total. The smallest absolute Gasteiger partial charge is 0.152 e. The van der Waals surface area contributed by atoms with Crippen molar-refractivity contribution in [1.29, 1.82) is 0 Å². The number of rotatable bonds is 6. The van der Waals surface area contributed by atoms with Crippen LogP contribution in [0.4, 0.5) is 0 Å². The van der Waals surface area contributed by atoms with Gasteiger partial charge in [-0.2, -0.15) is 0 Å². The molecular formula is C12H21NO3. The van der Waals surface area contributed by atoms with Crippen LogP contribution in [-0.4, -0.2) is 38.0 Å². The fraction of sp³-hybridized carbons (Fsp3) is 0.833. The van der Waals surface area contributed by atoms with Gasteiger partial charge >= 0.3 is 0 Å². The lowest BCUT2D eigenvalue weighted by molar-refractivity contribution is 0.0498. The van der Waals surface area contributed by atoms with E-state index in [-0.39, 0.29) is 6.10 Å². The molecule has 1 saturated heterocycles. The minimum atomic E-state index is 0.258. The zero-order chi connectivity index (χ0) is 11.5. The molecule has 3 unspecified atom stereocenters. The lowest BCUT2D eigenvalue weighted by Crippen LogP contribution is -2.25. The van der Waals surface area contributed by atoms with E-state index in [9.17, 15) is 0 Å². The van der Waals surface area contributed by atoms with Gasteiger partial charge in [-0.05, 0) is 20.3 Å². The molecule has 0 aromatic rings. The predicted molar refractivity (Wildman–Crippen MR) is 61.0 cm³/mol. The molecule has 0 spiro atoms. The number of allylic oxidation sites excluding steroid dienone is 1. The fourth-order valence-electron chi connectivity index (χ4n) is 2.07. The summed E-state index contributed by atoms with van der Waals surface area (Å²) in [6, 6.07) is 0.810. The molecule has 4 heteroatoms. The van der Waals surface area contributed by atoms with Crippen LogP contribution in [0, 0.1) is 0 Å². The van der Waals surface area contributed by atoms with Crippen molar-refractivity contribution >= 4 is 0 Å². The largest absolute Gasteiger partial charge is 0.490 e. The van der Waals surface area contributed by atoms with Crippen LogP contribution in [0.15, 0.2) is 11.5 Å². The molecule has 0 aromatic heterocycles. The molecule has 1 fully saturated rings. The van der Waals surface area contributed by atoms with Crippen LogP contribution < -0.4 is 5.32 Å². The van der Waals surface area contributed by atoms with E-state index in [4.69, 9.17) is 14.2 Å². The summed E-state index contributed by atoms with van der Waals surface area (Å²) in [7, 11) is 0. The standard InChI is InChI=1S/C12H21NO3/c1-4-5-14-6-7-15-12-9(3)16-8(2)10-11(12)13-10/h8,10-11,13H,4-7H2,1-3H3. The first-order valence-electron chi connectivity index (χ1n) is 6.08. The van der Waals surface area contributed by atoms with Crippen LogP contribution >= 0.6 is 0 Å². The van der Waals surface area contributed by atoms with Gasteiger partial charge in [0.15, 0.2) is 5.76 Å². The van der Waals surface area contributed by atoms with Crippen LogP contribution in [-0.2, 0) is 14.2 Å². The van der Waals surface area contributed by atoms with Crippen LogP contribution in [0.3, 0.4) is 0 Å². The zero-order valence-corrected chi connectivity index (χ0v) is 10.3. The van der Waals surface area contributed by atoms with Crippen molar-refractivity contribution in [3.05, 3.63) is 11.5 Å². The molecule has 2 aliphatic rings. The third kappa shape index (κ3) is 2.50. The molecule has 92 valence electrons. The molecule has 0 radical (unpaired) electrons. The molecule has 4 nitrogen and oxygen atoms in total. The van der Waals surface area contributed by atoms with Gasteiger partial charge < -0.3 is 14.2 Å². The summed E-state index contributed by atoms with van der Waals surface area (Å²) in [5.74, 6) is 1.87. The molecule has 16 heavy (non-hydrogen) atoms. The molecule has 0 amide bonds. The first-order chi connectivity index (χ1) is 7.74. The highest BCUT2D eigenvalue weighted by Crippen LogP contribution is 2.33. The lowest BCUT2D eigenvalue weighted by atomic mass is 10.1. The molecule has 3 atom stereocenters. The highest BCUT2D eigenvalue weighted by Gasteiger charge is 2.49. The molecule has 0 aromatic carbocycles. The van der Waals surface area contributed by atoms with E-state index < -0.39 is 0 Å². The van der Waals surface area contributed by atoms with Gasteiger partial charge in [0.05, 0.1) is 18.7 Å². The Bertz CT molecular complexity index is 277. The van der Waals surface area contributed by atoms with Gasteiger partial charge in [0.1, 0.15) is 18.5 Å². The molecular weight excluding hydrogens is 206 g/mol. The van der Waals surface area contributed by atoms with E-state index >= 15 is 0 Å². The highest BCUT2D eigenvalue weighted by molar-refractivity contribution is 5.25. The Labute approximate surface area is 96.9 Å². The summed E-state index contributed by atoms with van der Waals surface area (Å²) in [5, 5.41) is 3.36. The van der Waals surface area contributed by atoms with Crippen LogP contribution in [0.2, 0.25) is 0 Å². The molecule has 2 aliphatic heterocycles. The van der Waals surface area contributed by atoms with Crippen LogP contribution in [0.1, 0.15) is 27.2 Å². The summed E-state index contributed by atoms with van der Waals surface area (Å²) >= 11 is 0. The van der Waals surface area contributed by atoms with Crippen molar-refractivity contribution in [2.45, 2.75) is 45.4 Å². The van der Waals surface area contributed by atoms with Crippen molar-refractivity contribution in [3.8, 4) is 0 Å². The maximum Gasteiger partial charge on any atom is 0.152 e. The quantitative estimate of drug-likeness (QED) is 0.551. The van der Waals surface area contributed by atoms with Gasteiger partial charge in [-0.15, -0.1) is 0 Å². The number of nitrogens with one attached hydrogen (secondary N) is 1. The van der Waals surface area contributed by atoms with Crippen molar-refractivity contribution in [2.75, 3.05) is 19.8 Å². The number of ether oxygens (including phenoxy) is 3. The maximum absolute atomic E-state index is 5.71. The summed E-state index contributed by atoms with van der Waals surface area (Å²) in [6.07, 6.45) is 1.31. The fourth-order valence-corrected chi connectivity index (χ4v) is 2.07. The zero-order valence-electron chi connectivity index (χ0n) is 10.3. The van der Waals surface area contributed by atoms with E-state index in [0.717, 1.165) is 24.5 Å². The van der Waals surface area contributed by atoms with Crippen LogP contribution in [0.25, 0.3) is 0 Å².